The Morgan fingerprint density at radius 3 is 2.25 bits per heavy atom. The molecule has 0 fully saturated rings. The Morgan fingerprint density at radius 2 is 1.83 bits per heavy atom. The minimum Gasteiger partial charge on any atom is -0.363 e. The van der Waals surface area contributed by atoms with E-state index in [2.05, 4.69) is 0 Å². The summed E-state index contributed by atoms with van der Waals surface area (Å²) in [6.07, 6.45) is 0.200. The van der Waals surface area contributed by atoms with E-state index in [1.165, 1.54) is 0 Å². The fraction of sp³-hybridized carbons (Fsp3) is 0.250. The molecular formula is C8H9Cl2NO. The lowest BCUT2D eigenvalue weighted by Crippen LogP contribution is -2.34. The largest absolute Gasteiger partial charge is 0.363 e. The van der Waals surface area contributed by atoms with E-state index >= 15 is 0 Å². The molecule has 0 radical (unpaired) electrons. The molecule has 66 valence electrons. The smallest absolute Gasteiger partial charge is 0.195 e. The molecule has 12 heavy (non-hydrogen) atoms. The van der Waals surface area contributed by atoms with Crippen molar-refractivity contribution in [2.45, 2.75) is 11.6 Å². The van der Waals surface area contributed by atoms with Gasteiger partial charge in [-0.2, -0.15) is 0 Å². The first-order valence-electron chi connectivity index (χ1n) is 3.42. The molecule has 0 heterocycles. The standard InChI is InChI=1S/C8H9Cl2NO/c9-7-3-1-6(2-4-7)5-8(10,11)12/h1-4,12H,5,11H2. The molecule has 1 rings (SSSR count). The Bertz CT molecular complexity index is 253. The molecule has 0 aliphatic carbocycles. The lowest BCUT2D eigenvalue weighted by Gasteiger charge is -2.13. The van der Waals surface area contributed by atoms with E-state index in [1.807, 2.05) is 0 Å². The van der Waals surface area contributed by atoms with Gasteiger partial charge in [-0.15, -0.1) is 0 Å². The van der Waals surface area contributed by atoms with Crippen LogP contribution in [0.1, 0.15) is 5.56 Å². The van der Waals surface area contributed by atoms with Gasteiger partial charge in [-0.05, 0) is 17.7 Å². The van der Waals surface area contributed by atoms with E-state index in [9.17, 15) is 0 Å². The predicted molar refractivity (Wildman–Crippen MR) is 50.1 cm³/mol. The number of alkyl halides is 1. The minimum absolute atomic E-state index is 0.200. The second-order valence-corrected chi connectivity index (χ2v) is 3.71. The van der Waals surface area contributed by atoms with Crippen molar-refractivity contribution in [3.63, 3.8) is 0 Å². The summed E-state index contributed by atoms with van der Waals surface area (Å²) in [7, 11) is 0. The Labute approximate surface area is 80.9 Å². The van der Waals surface area contributed by atoms with Crippen molar-refractivity contribution in [1.82, 2.24) is 0 Å². The van der Waals surface area contributed by atoms with Gasteiger partial charge in [0.1, 0.15) is 0 Å². The van der Waals surface area contributed by atoms with Gasteiger partial charge in [-0.25, -0.2) is 0 Å². The second-order valence-electron chi connectivity index (χ2n) is 2.62. The van der Waals surface area contributed by atoms with Crippen LogP contribution in [0.4, 0.5) is 0 Å². The fourth-order valence-corrected chi connectivity index (χ4v) is 1.17. The van der Waals surface area contributed by atoms with Gasteiger partial charge >= 0.3 is 0 Å². The zero-order valence-electron chi connectivity index (χ0n) is 6.30. The highest BCUT2D eigenvalue weighted by Crippen LogP contribution is 2.15. The van der Waals surface area contributed by atoms with Gasteiger partial charge in [-0.1, -0.05) is 35.3 Å². The summed E-state index contributed by atoms with van der Waals surface area (Å²) in [6.45, 7) is 0. The first kappa shape index (κ1) is 9.81. The molecule has 0 aliphatic rings. The van der Waals surface area contributed by atoms with Gasteiger partial charge in [0.25, 0.3) is 0 Å². The van der Waals surface area contributed by atoms with Gasteiger partial charge < -0.3 is 5.11 Å². The number of hydrogen-bond acceptors (Lipinski definition) is 2. The van der Waals surface area contributed by atoms with Crippen LogP contribution in [-0.4, -0.2) is 10.3 Å². The van der Waals surface area contributed by atoms with E-state index in [0.717, 1.165) is 5.56 Å². The van der Waals surface area contributed by atoms with Gasteiger partial charge in [0.15, 0.2) is 5.18 Å². The van der Waals surface area contributed by atoms with Crippen LogP contribution in [0.25, 0.3) is 0 Å². The van der Waals surface area contributed by atoms with Crippen LogP contribution in [0.15, 0.2) is 24.3 Å². The van der Waals surface area contributed by atoms with Crippen LogP contribution >= 0.6 is 23.2 Å². The highest BCUT2D eigenvalue weighted by atomic mass is 35.5. The lowest BCUT2D eigenvalue weighted by molar-refractivity contribution is 0.137. The maximum absolute atomic E-state index is 9.05. The van der Waals surface area contributed by atoms with Crippen molar-refractivity contribution in [3.05, 3.63) is 34.9 Å². The fourth-order valence-electron chi connectivity index (χ4n) is 0.889. The number of aliphatic hydroxyl groups is 1. The zero-order chi connectivity index (χ0) is 9.19. The summed E-state index contributed by atoms with van der Waals surface area (Å²) >= 11 is 11.1. The molecule has 0 amide bonds. The SMILES string of the molecule is NC(O)(Cl)Cc1ccc(Cl)cc1. The third kappa shape index (κ3) is 3.41. The summed E-state index contributed by atoms with van der Waals surface area (Å²) in [5.41, 5.74) is 6.04. The first-order valence-corrected chi connectivity index (χ1v) is 4.17. The Balaban J connectivity index is 2.71. The first-order chi connectivity index (χ1) is 5.47. The predicted octanol–water partition coefficient (Wildman–Crippen LogP) is 1.73. The molecule has 0 saturated carbocycles. The van der Waals surface area contributed by atoms with E-state index in [0.29, 0.717) is 5.02 Å². The monoisotopic (exact) mass is 205 g/mol. The minimum atomic E-state index is -1.67. The second kappa shape index (κ2) is 3.62. The normalized spacial score (nSPS) is 15.7. The Morgan fingerprint density at radius 1 is 1.33 bits per heavy atom. The third-order valence-corrected chi connectivity index (χ3v) is 1.75. The highest BCUT2D eigenvalue weighted by Gasteiger charge is 2.16. The van der Waals surface area contributed by atoms with E-state index in [4.69, 9.17) is 34.0 Å². The van der Waals surface area contributed by atoms with Gasteiger partial charge in [0, 0.05) is 11.4 Å². The number of nitrogens with two attached hydrogens (primary N) is 1. The van der Waals surface area contributed by atoms with Gasteiger partial charge in [0.2, 0.25) is 0 Å². The van der Waals surface area contributed by atoms with Crippen LogP contribution in [-0.2, 0) is 6.42 Å². The summed E-state index contributed by atoms with van der Waals surface area (Å²) in [4.78, 5) is 0. The zero-order valence-corrected chi connectivity index (χ0v) is 7.81. The molecule has 1 aromatic carbocycles. The maximum Gasteiger partial charge on any atom is 0.195 e. The summed E-state index contributed by atoms with van der Waals surface area (Å²) in [5.74, 6) is 0. The van der Waals surface area contributed by atoms with Crippen molar-refractivity contribution in [2.75, 3.05) is 0 Å². The van der Waals surface area contributed by atoms with E-state index in [1.54, 1.807) is 24.3 Å². The van der Waals surface area contributed by atoms with Crippen LogP contribution in [0, 0.1) is 0 Å². The molecule has 1 aromatic rings. The molecule has 0 aromatic heterocycles. The lowest BCUT2D eigenvalue weighted by atomic mass is 10.1. The topological polar surface area (TPSA) is 46.2 Å². The van der Waals surface area contributed by atoms with Gasteiger partial charge in [-0.3, -0.25) is 5.73 Å². The average molecular weight is 206 g/mol. The summed E-state index contributed by atoms with van der Waals surface area (Å²) in [6, 6.07) is 6.98. The molecule has 2 nitrogen and oxygen atoms in total. The van der Waals surface area contributed by atoms with Crippen molar-refractivity contribution in [3.8, 4) is 0 Å². The number of hydrogen-bond donors (Lipinski definition) is 2. The van der Waals surface area contributed by atoms with Crippen molar-refractivity contribution < 1.29 is 5.11 Å². The Kier molecular flexibility index (Phi) is 2.96. The number of halogens is 2. The molecular weight excluding hydrogens is 197 g/mol. The van der Waals surface area contributed by atoms with Gasteiger partial charge in [0.05, 0.1) is 0 Å². The van der Waals surface area contributed by atoms with Crippen molar-refractivity contribution in [1.29, 1.82) is 0 Å². The van der Waals surface area contributed by atoms with Crippen molar-refractivity contribution in [2.24, 2.45) is 5.73 Å². The number of rotatable bonds is 2. The molecule has 0 aliphatic heterocycles. The summed E-state index contributed by atoms with van der Waals surface area (Å²) < 4.78 is 0. The van der Waals surface area contributed by atoms with Crippen LogP contribution in [0.5, 0.6) is 0 Å². The maximum atomic E-state index is 9.05. The Hall–Kier alpha value is -0.280. The molecule has 1 atom stereocenters. The quantitative estimate of drug-likeness (QED) is 0.439. The molecule has 4 heteroatoms. The molecule has 0 spiro atoms. The third-order valence-electron chi connectivity index (χ3n) is 1.37. The molecule has 0 bridgehead atoms. The average Bonchev–Trinajstić information content (AvgIpc) is 1.91. The molecule has 3 N–H and O–H groups in total. The van der Waals surface area contributed by atoms with Crippen LogP contribution in [0.3, 0.4) is 0 Å². The van der Waals surface area contributed by atoms with Crippen LogP contribution in [0.2, 0.25) is 5.02 Å². The molecule has 0 saturated heterocycles. The highest BCUT2D eigenvalue weighted by molar-refractivity contribution is 6.30. The van der Waals surface area contributed by atoms with Crippen LogP contribution < -0.4 is 5.73 Å². The number of benzene rings is 1. The summed E-state index contributed by atoms with van der Waals surface area (Å²) in [5, 5.41) is 8.02. The van der Waals surface area contributed by atoms with E-state index in [-0.39, 0.29) is 6.42 Å². The van der Waals surface area contributed by atoms with E-state index < -0.39 is 5.18 Å². The van der Waals surface area contributed by atoms with Crippen molar-refractivity contribution >= 4 is 23.2 Å². The molecule has 1 unspecified atom stereocenters.